The minimum atomic E-state index is 0.605. The van der Waals surface area contributed by atoms with Crippen molar-refractivity contribution < 1.29 is 0 Å². The molecule has 0 saturated carbocycles. The molecule has 1 aromatic carbocycles. The molecule has 0 spiro atoms. The fourth-order valence-corrected chi connectivity index (χ4v) is 2.78. The molecule has 1 N–H and O–H groups in total. The molecule has 1 unspecified atom stereocenters. The Balaban J connectivity index is 2.20. The Labute approximate surface area is 111 Å². The number of hydrogen-bond donors (Lipinski definition) is 1. The van der Waals surface area contributed by atoms with E-state index in [2.05, 4.69) is 56.1 Å². The van der Waals surface area contributed by atoms with Gasteiger partial charge in [0.15, 0.2) is 0 Å². The minimum Gasteiger partial charge on any atom is -0.370 e. The van der Waals surface area contributed by atoms with E-state index in [1.54, 1.807) is 0 Å². The summed E-state index contributed by atoms with van der Waals surface area (Å²) in [6, 6.07) is 7.41. The molecule has 0 aliphatic carbocycles. The summed E-state index contributed by atoms with van der Waals surface area (Å²) in [7, 11) is 0. The van der Waals surface area contributed by atoms with Crippen LogP contribution in [0.25, 0.3) is 0 Å². The van der Waals surface area contributed by atoms with Crippen LogP contribution < -0.4 is 10.2 Å². The summed E-state index contributed by atoms with van der Waals surface area (Å²) < 4.78 is 0. The predicted octanol–water partition coefficient (Wildman–Crippen LogP) is 3.13. The van der Waals surface area contributed by atoms with Crippen LogP contribution in [-0.2, 0) is 0 Å². The van der Waals surface area contributed by atoms with Gasteiger partial charge in [0.2, 0.25) is 0 Å². The quantitative estimate of drug-likeness (QED) is 0.862. The van der Waals surface area contributed by atoms with E-state index < -0.39 is 0 Å². The fourth-order valence-electron chi connectivity index (χ4n) is 2.78. The predicted molar refractivity (Wildman–Crippen MR) is 79.4 cm³/mol. The van der Waals surface area contributed by atoms with Crippen molar-refractivity contribution >= 4 is 5.69 Å². The van der Waals surface area contributed by atoms with Crippen molar-refractivity contribution in [3.63, 3.8) is 0 Å². The van der Waals surface area contributed by atoms with E-state index in [1.165, 1.54) is 29.8 Å². The Kier molecular flexibility index (Phi) is 4.28. The van der Waals surface area contributed by atoms with Gasteiger partial charge in [0, 0.05) is 24.8 Å². The molecular weight excluding hydrogens is 220 g/mol. The number of nitrogens with one attached hydrogen (secondary N) is 1. The molecule has 18 heavy (non-hydrogen) atoms. The summed E-state index contributed by atoms with van der Waals surface area (Å²) >= 11 is 0. The molecule has 1 saturated heterocycles. The lowest BCUT2D eigenvalue weighted by Crippen LogP contribution is -2.41. The Morgan fingerprint density at radius 2 is 2.06 bits per heavy atom. The van der Waals surface area contributed by atoms with Gasteiger partial charge in [0.1, 0.15) is 0 Å². The van der Waals surface area contributed by atoms with Gasteiger partial charge < -0.3 is 10.2 Å². The van der Waals surface area contributed by atoms with Gasteiger partial charge >= 0.3 is 0 Å². The highest BCUT2D eigenvalue weighted by molar-refractivity contribution is 5.54. The number of anilines is 1. The lowest BCUT2D eigenvalue weighted by molar-refractivity contribution is 0.420. The average Bonchev–Trinajstić information content (AvgIpc) is 2.54. The molecule has 1 fully saturated rings. The first kappa shape index (κ1) is 13.4. The van der Waals surface area contributed by atoms with Gasteiger partial charge in [-0.05, 0) is 44.4 Å². The van der Waals surface area contributed by atoms with Crippen molar-refractivity contribution in [3.05, 3.63) is 29.3 Å². The molecule has 2 heteroatoms. The van der Waals surface area contributed by atoms with Crippen LogP contribution in [0.4, 0.5) is 5.69 Å². The maximum Gasteiger partial charge on any atom is 0.0396 e. The molecule has 2 nitrogen and oxygen atoms in total. The molecule has 1 aliphatic heterocycles. The summed E-state index contributed by atoms with van der Waals surface area (Å²) in [6.07, 6.45) is 1.23. The van der Waals surface area contributed by atoms with Crippen molar-refractivity contribution in [2.24, 2.45) is 5.92 Å². The maximum atomic E-state index is 3.67. The highest BCUT2D eigenvalue weighted by atomic mass is 15.2. The number of benzene rings is 1. The van der Waals surface area contributed by atoms with Gasteiger partial charge in [-0.1, -0.05) is 31.5 Å². The summed E-state index contributed by atoms with van der Waals surface area (Å²) in [5, 5.41) is 3.67. The van der Waals surface area contributed by atoms with Crippen LogP contribution in [-0.4, -0.2) is 25.7 Å². The number of nitrogens with zero attached hydrogens (tertiary/aromatic N) is 1. The number of rotatable bonds is 2. The topological polar surface area (TPSA) is 15.3 Å². The number of aryl methyl sites for hydroxylation is 2. The summed E-state index contributed by atoms with van der Waals surface area (Å²) in [5.74, 6) is 0.691. The molecule has 0 aromatic heterocycles. The zero-order valence-corrected chi connectivity index (χ0v) is 12.2. The maximum absolute atomic E-state index is 3.67. The molecule has 100 valence electrons. The minimum absolute atomic E-state index is 0.605. The molecule has 2 rings (SSSR count). The monoisotopic (exact) mass is 246 g/mol. The highest BCUT2D eigenvalue weighted by Crippen LogP contribution is 2.23. The molecule has 1 heterocycles. The first-order valence-electron chi connectivity index (χ1n) is 7.13. The molecule has 1 aliphatic rings. The van der Waals surface area contributed by atoms with Crippen LogP contribution in [0.5, 0.6) is 0 Å². The smallest absolute Gasteiger partial charge is 0.0396 e. The Morgan fingerprint density at radius 3 is 2.72 bits per heavy atom. The first-order valence-corrected chi connectivity index (χ1v) is 7.13. The van der Waals surface area contributed by atoms with Gasteiger partial charge in [-0.15, -0.1) is 0 Å². The van der Waals surface area contributed by atoms with E-state index in [0.29, 0.717) is 12.0 Å². The van der Waals surface area contributed by atoms with Crippen molar-refractivity contribution in [2.45, 2.75) is 40.2 Å². The SMILES string of the molecule is Cc1ccc(N2CCCNC(C(C)C)C2)c(C)c1. The van der Waals surface area contributed by atoms with Gasteiger partial charge in [-0.3, -0.25) is 0 Å². The van der Waals surface area contributed by atoms with E-state index in [-0.39, 0.29) is 0 Å². The van der Waals surface area contributed by atoms with Crippen LogP contribution in [0.1, 0.15) is 31.4 Å². The molecule has 0 radical (unpaired) electrons. The first-order chi connectivity index (χ1) is 8.58. The van der Waals surface area contributed by atoms with Gasteiger partial charge in [0.05, 0.1) is 0 Å². The second-order valence-corrected chi connectivity index (χ2v) is 5.89. The van der Waals surface area contributed by atoms with Crippen LogP contribution in [0.3, 0.4) is 0 Å². The second-order valence-electron chi connectivity index (χ2n) is 5.89. The molecule has 0 bridgehead atoms. The van der Waals surface area contributed by atoms with Gasteiger partial charge in [0.25, 0.3) is 0 Å². The van der Waals surface area contributed by atoms with Crippen molar-refractivity contribution in [2.75, 3.05) is 24.5 Å². The largest absolute Gasteiger partial charge is 0.370 e. The number of hydrogen-bond acceptors (Lipinski definition) is 2. The third-order valence-electron chi connectivity index (χ3n) is 3.93. The molecule has 1 atom stereocenters. The summed E-state index contributed by atoms with van der Waals surface area (Å²) in [5.41, 5.74) is 4.17. The van der Waals surface area contributed by atoms with E-state index in [4.69, 9.17) is 0 Å². The van der Waals surface area contributed by atoms with Crippen LogP contribution in [0.15, 0.2) is 18.2 Å². The normalized spacial score (nSPS) is 21.2. The average molecular weight is 246 g/mol. The molecular formula is C16H26N2. The highest BCUT2D eigenvalue weighted by Gasteiger charge is 2.21. The van der Waals surface area contributed by atoms with Crippen molar-refractivity contribution in [1.29, 1.82) is 0 Å². The molecule has 0 amide bonds. The lowest BCUT2D eigenvalue weighted by atomic mass is 10.0. The van der Waals surface area contributed by atoms with E-state index >= 15 is 0 Å². The van der Waals surface area contributed by atoms with E-state index in [9.17, 15) is 0 Å². The fraction of sp³-hybridized carbons (Fsp3) is 0.625. The van der Waals surface area contributed by atoms with Crippen LogP contribution in [0, 0.1) is 19.8 Å². The Morgan fingerprint density at radius 1 is 1.28 bits per heavy atom. The van der Waals surface area contributed by atoms with E-state index in [1.807, 2.05) is 0 Å². The Bertz CT molecular complexity index is 398. The lowest BCUT2D eigenvalue weighted by Gasteiger charge is -2.29. The third kappa shape index (κ3) is 3.05. The summed E-state index contributed by atoms with van der Waals surface area (Å²) in [4.78, 5) is 2.55. The molecule has 1 aromatic rings. The zero-order chi connectivity index (χ0) is 13.1. The van der Waals surface area contributed by atoms with Crippen LogP contribution in [0.2, 0.25) is 0 Å². The van der Waals surface area contributed by atoms with Gasteiger partial charge in [-0.25, -0.2) is 0 Å². The third-order valence-corrected chi connectivity index (χ3v) is 3.93. The van der Waals surface area contributed by atoms with Crippen molar-refractivity contribution in [1.82, 2.24) is 5.32 Å². The Hall–Kier alpha value is -1.02. The van der Waals surface area contributed by atoms with Gasteiger partial charge in [-0.2, -0.15) is 0 Å². The zero-order valence-electron chi connectivity index (χ0n) is 12.2. The van der Waals surface area contributed by atoms with Crippen LogP contribution >= 0.6 is 0 Å². The summed E-state index contributed by atoms with van der Waals surface area (Å²) in [6.45, 7) is 12.4. The second kappa shape index (κ2) is 5.75. The van der Waals surface area contributed by atoms with E-state index in [0.717, 1.165) is 13.1 Å². The van der Waals surface area contributed by atoms with Crippen molar-refractivity contribution in [3.8, 4) is 0 Å². The standard InChI is InChI=1S/C16H26N2/c1-12(2)15-11-18(9-5-8-17-15)16-7-6-13(3)10-14(16)4/h6-7,10,12,15,17H,5,8-9,11H2,1-4H3.